The van der Waals surface area contributed by atoms with Gasteiger partial charge in [0.2, 0.25) is 5.88 Å². The van der Waals surface area contributed by atoms with Crippen LogP contribution in [0.4, 0.5) is 13.2 Å². The fraction of sp³-hybridized carbons (Fsp3) is 0.143. The molecule has 0 fully saturated rings. The van der Waals surface area contributed by atoms with Gasteiger partial charge in [-0.25, -0.2) is 4.98 Å². The molecule has 1 rings (SSSR count). The molecule has 5 heteroatoms. The third kappa shape index (κ3) is 2.77. The van der Waals surface area contributed by atoms with Gasteiger partial charge in [0.25, 0.3) is 0 Å². The van der Waals surface area contributed by atoms with Crippen molar-refractivity contribution in [3.8, 4) is 5.88 Å². The molecule has 12 heavy (non-hydrogen) atoms. The van der Waals surface area contributed by atoms with Crippen molar-refractivity contribution in [3.05, 3.63) is 30.8 Å². The molecule has 0 aliphatic heterocycles. The van der Waals surface area contributed by atoms with Gasteiger partial charge in [-0.05, 0) is 18.6 Å². The molecule has 1 aromatic rings. The molecular weight excluding hydrogens is 171 g/mol. The Kier molecular flexibility index (Phi) is 2.21. The van der Waals surface area contributed by atoms with E-state index in [1.165, 1.54) is 12.3 Å². The maximum atomic E-state index is 11.6. The van der Waals surface area contributed by atoms with Crippen molar-refractivity contribution in [3.63, 3.8) is 0 Å². The van der Waals surface area contributed by atoms with Crippen molar-refractivity contribution in [2.45, 2.75) is 6.36 Å². The molecule has 1 radical (unpaired) electrons. The minimum absolute atomic E-state index is 0.421. The molecule has 0 aliphatic carbocycles. The van der Waals surface area contributed by atoms with E-state index in [2.05, 4.69) is 16.6 Å². The largest absolute Gasteiger partial charge is 0.574 e. The molecule has 0 saturated heterocycles. The van der Waals surface area contributed by atoms with Crippen molar-refractivity contribution in [1.29, 1.82) is 0 Å². The number of nitrogens with zero attached hydrogens (tertiary/aromatic N) is 1. The molecule has 0 unspecified atom stereocenters. The van der Waals surface area contributed by atoms with Crippen LogP contribution in [0, 0.1) is 6.92 Å². The first kappa shape index (κ1) is 8.83. The number of hydrogen-bond donors (Lipinski definition) is 0. The Labute approximate surface area is 67.0 Å². The Hall–Kier alpha value is -1.26. The summed E-state index contributed by atoms with van der Waals surface area (Å²) in [6, 6.07) is 2.58. The summed E-state index contributed by atoms with van der Waals surface area (Å²) in [7, 11) is 0. The third-order valence-corrected chi connectivity index (χ3v) is 1.02. The molecule has 65 valence electrons. The summed E-state index contributed by atoms with van der Waals surface area (Å²) in [6.45, 7) is 3.42. The Morgan fingerprint density at radius 1 is 1.42 bits per heavy atom. The molecule has 0 bridgehead atoms. The number of aromatic nitrogens is 1. The summed E-state index contributed by atoms with van der Waals surface area (Å²) in [6.07, 6.45) is -3.50. The lowest BCUT2D eigenvalue weighted by Crippen LogP contribution is -2.17. The van der Waals surface area contributed by atoms with Gasteiger partial charge in [-0.15, -0.1) is 13.2 Å². The highest BCUT2D eigenvalue weighted by molar-refractivity contribution is 5.22. The van der Waals surface area contributed by atoms with Crippen LogP contribution in [0.1, 0.15) is 5.56 Å². The van der Waals surface area contributed by atoms with Gasteiger partial charge in [0.05, 0.1) is 0 Å². The average Bonchev–Trinajstić information content (AvgIpc) is 1.82. The monoisotopic (exact) mass is 176 g/mol. The second-order valence-electron chi connectivity index (χ2n) is 2.05. The molecule has 0 aromatic carbocycles. The lowest BCUT2D eigenvalue weighted by atomic mass is 10.3. The quantitative estimate of drug-likeness (QED) is 0.654. The Balaban J connectivity index is 2.77. The highest BCUT2D eigenvalue weighted by Crippen LogP contribution is 2.20. The molecule has 1 aromatic heterocycles. The van der Waals surface area contributed by atoms with E-state index in [1.54, 1.807) is 0 Å². The predicted octanol–water partition coefficient (Wildman–Crippen LogP) is 2.16. The standard InChI is InChI=1S/C7H5F3NO/c1-5-2-3-11-6(4-5)12-7(8,9)10/h2-4H,1H2. The number of pyridine rings is 1. The maximum absolute atomic E-state index is 11.6. The van der Waals surface area contributed by atoms with Crippen LogP contribution in [-0.2, 0) is 0 Å². The minimum atomic E-state index is -4.69. The SMILES string of the molecule is [CH2]c1ccnc(OC(F)(F)F)c1. The highest BCUT2D eigenvalue weighted by Gasteiger charge is 2.31. The summed E-state index contributed by atoms with van der Waals surface area (Å²) in [4.78, 5) is 3.34. The fourth-order valence-corrected chi connectivity index (χ4v) is 0.625. The fourth-order valence-electron chi connectivity index (χ4n) is 0.625. The molecule has 0 atom stereocenters. The Morgan fingerprint density at radius 3 is 2.58 bits per heavy atom. The van der Waals surface area contributed by atoms with Crippen LogP contribution in [0.3, 0.4) is 0 Å². The second-order valence-corrected chi connectivity index (χ2v) is 2.05. The van der Waals surface area contributed by atoms with Gasteiger partial charge in [0, 0.05) is 12.3 Å². The Bertz CT molecular complexity index is 272. The maximum Gasteiger partial charge on any atom is 0.574 e. The summed E-state index contributed by atoms with van der Waals surface area (Å²) in [5.41, 5.74) is 0.421. The lowest BCUT2D eigenvalue weighted by molar-refractivity contribution is -0.276. The average molecular weight is 176 g/mol. The van der Waals surface area contributed by atoms with Crippen molar-refractivity contribution in [2.24, 2.45) is 0 Å². The van der Waals surface area contributed by atoms with Crippen LogP contribution in [0.2, 0.25) is 0 Å². The number of halogens is 3. The first-order chi connectivity index (χ1) is 5.47. The smallest absolute Gasteiger partial charge is 0.388 e. The zero-order chi connectivity index (χ0) is 9.19. The summed E-state index contributed by atoms with van der Waals surface area (Å²) >= 11 is 0. The van der Waals surface area contributed by atoms with E-state index in [0.29, 0.717) is 5.56 Å². The van der Waals surface area contributed by atoms with E-state index in [-0.39, 0.29) is 0 Å². The van der Waals surface area contributed by atoms with Crippen molar-refractivity contribution >= 4 is 0 Å². The van der Waals surface area contributed by atoms with Gasteiger partial charge < -0.3 is 4.74 Å². The minimum Gasteiger partial charge on any atom is -0.388 e. The predicted molar refractivity (Wildman–Crippen MR) is 35.4 cm³/mol. The van der Waals surface area contributed by atoms with E-state index in [4.69, 9.17) is 0 Å². The van der Waals surface area contributed by atoms with Crippen LogP contribution in [0.25, 0.3) is 0 Å². The van der Waals surface area contributed by atoms with Crippen LogP contribution in [-0.4, -0.2) is 11.3 Å². The van der Waals surface area contributed by atoms with Gasteiger partial charge in [0.15, 0.2) is 0 Å². The van der Waals surface area contributed by atoms with E-state index in [1.807, 2.05) is 0 Å². The topological polar surface area (TPSA) is 22.1 Å². The van der Waals surface area contributed by atoms with Gasteiger partial charge in [-0.2, -0.15) is 0 Å². The molecule has 0 spiro atoms. The van der Waals surface area contributed by atoms with Crippen LogP contribution < -0.4 is 4.74 Å². The number of rotatable bonds is 1. The zero-order valence-corrected chi connectivity index (χ0v) is 5.93. The van der Waals surface area contributed by atoms with Crippen molar-refractivity contribution < 1.29 is 17.9 Å². The normalized spacial score (nSPS) is 11.3. The lowest BCUT2D eigenvalue weighted by Gasteiger charge is -2.07. The van der Waals surface area contributed by atoms with Gasteiger partial charge >= 0.3 is 6.36 Å². The zero-order valence-electron chi connectivity index (χ0n) is 5.93. The molecular formula is C7H5F3NO. The summed E-state index contributed by atoms with van der Waals surface area (Å²) < 4.78 is 38.3. The molecule has 0 N–H and O–H groups in total. The molecule has 0 saturated carbocycles. The molecule has 2 nitrogen and oxygen atoms in total. The first-order valence-electron chi connectivity index (χ1n) is 3.01. The van der Waals surface area contributed by atoms with E-state index in [0.717, 1.165) is 6.07 Å². The number of hydrogen-bond acceptors (Lipinski definition) is 2. The highest BCUT2D eigenvalue weighted by atomic mass is 19.4. The summed E-state index contributed by atoms with van der Waals surface area (Å²) in [5, 5.41) is 0. The number of alkyl halides is 3. The van der Waals surface area contributed by atoms with Crippen LogP contribution >= 0.6 is 0 Å². The van der Waals surface area contributed by atoms with Crippen LogP contribution in [0.15, 0.2) is 18.3 Å². The van der Waals surface area contributed by atoms with Gasteiger partial charge in [0.1, 0.15) is 0 Å². The molecule has 0 amide bonds. The molecule has 1 heterocycles. The van der Waals surface area contributed by atoms with E-state index in [9.17, 15) is 13.2 Å². The van der Waals surface area contributed by atoms with Gasteiger partial charge in [-0.1, -0.05) is 0 Å². The van der Waals surface area contributed by atoms with Crippen molar-refractivity contribution in [1.82, 2.24) is 4.98 Å². The number of ether oxygens (including phenoxy) is 1. The molecule has 0 aliphatic rings. The second kappa shape index (κ2) is 3.00. The third-order valence-electron chi connectivity index (χ3n) is 1.02. The van der Waals surface area contributed by atoms with Crippen LogP contribution in [0.5, 0.6) is 5.88 Å². The Morgan fingerprint density at radius 2 is 2.08 bits per heavy atom. The van der Waals surface area contributed by atoms with Crippen molar-refractivity contribution in [2.75, 3.05) is 0 Å². The van der Waals surface area contributed by atoms with Gasteiger partial charge in [-0.3, -0.25) is 0 Å². The van der Waals surface area contributed by atoms with E-state index >= 15 is 0 Å². The summed E-state index contributed by atoms with van der Waals surface area (Å²) in [5.74, 6) is -0.491. The first-order valence-corrected chi connectivity index (χ1v) is 3.01. The van der Waals surface area contributed by atoms with E-state index < -0.39 is 12.2 Å².